The fourth-order valence-corrected chi connectivity index (χ4v) is 3.87. The lowest BCUT2D eigenvalue weighted by molar-refractivity contribution is -0.120. The minimum atomic E-state index is -0.380. The van der Waals surface area contributed by atoms with Gasteiger partial charge in [0.2, 0.25) is 5.91 Å². The summed E-state index contributed by atoms with van der Waals surface area (Å²) in [7, 11) is 0. The summed E-state index contributed by atoms with van der Waals surface area (Å²) in [5, 5.41) is 2.50. The summed E-state index contributed by atoms with van der Waals surface area (Å²) < 4.78 is 0. The Kier molecular flexibility index (Phi) is 7.25. The number of nitrogens with zero attached hydrogens (tertiary/aromatic N) is 3. The van der Waals surface area contributed by atoms with Gasteiger partial charge in [0, 0.05) is 50.9 Å². The topological polar surface area (TPSA) is 65.5 Å². The van der Waals surface area contributed by atoms with E-state index in [4.69, 9.17) is 0 Å². The molecule has 0 bridgehead atoms. The first-order chi connectivity index (χ1) is 15.7. The number of pyridine rings is 1. The zero-order chi connectivity index (χ0) is 22.2. The highest BCUT2D eigenvalue weighted by Crippen LogP contribution is 2.16. The van der Waals surface area contributed by atoms with Gasteiger partial charge in [-0.1, -0.05) is 60.7 Å². The van der Waals surface area contributed by atoms with Crippen LogP contribution >= 0.6 is 0 Å². The van der Waals surface area contributed by atoms with Crippen LogP contribution < -0.4 is 10.2 Å². The standard InChI is InChI=1S/C26H28N4O2/c31-25(12-11-21-7-3-1-4-8-21)28-26(32)23-13-14-27-24(19-23)30-17-15-29(16-18-30)20-22-9-5-2-6-10-22/h1-10,13-14,19H,11-12,15-18,20H2,(H,28,31,32). The number of carbonyl (C=O) groups excluding carboxylic acids is 2. The maximum absolute atomic E-state index is 12.6. The first-order valence-corrected chi connectivity index (χ1v) is 11.0. The summed E-state index contributed by atoms with van der Waals surface area (Å²) in [5.41, 5.74) is 2.84. The molecule has 1 saturated heterocycles. The van der Waals surface area contributed by atoms with Crippen molar-refractivity contribution in [2.24, 2.45) is 0 Å². The number of anilines is 1. The predicted molar refractivity (Wildman–Crippen MR) is 125 cm³/mol. The third kappa shape index (κ3) is 6.02. The number of rotatable bonds is 7. The first-order valence-electron chi connectivity index (χ1n) is 11.0. The minimum Gasteiger partial charge on any atom is -0.354 e. The Labute approximate surface area is 188 Å². The van der Waals surface area contributed by atoms with E-state index in [0.29, 0.717) is 12.0 Å². The summed E-state index contributed by atoms with van der Waals surface area (Å²) >= 11 is 0. The van der Waals surface area contributed by atoms with Gasteiger partial charge in [0.25, 0.3) is 5.91 Å². The highest BCUT2D eigenvalue weighted by molar-refractivity contribution is 6.05. The number of aromatic nitrogens is 1. The molecule has 0 unspecified atom stereocenters. The van der Waals surface area contributed by atoms with Crippen molar-refractivity contribution in [1.82, 2.24) is 15.2 Å². The minimum absolute atomic E-state index is 0.272. The van der Waals surface area contributed by atoms with Gasteiger partial charge >= 0.3 is 0 Å². The number of hydrogen-bond acceptors (Lipinski definition) is 5. The van der Waals surface area contributed by atoms with E-state index < -0.39 is 0 Å². The van der Waals surface area contributed by atoms with Crippen LogP contribution in [0.2, 0.25) is 0 Å². The molecule has 0 spiro atoms. The summed E-state index contributed by atoms with van der Waals surface area (Å²) in [4.78, 5) is 33.8. The second-order valence-electron chi connectivity index (χ2n) is 8.01. The summed E-state index contributed by atoms with van der Waals surface area (Å²) in [6, 6.07) is 23.7. The predicted octanol–water partition coefficient (Wildman–Crippen LogP) is 3.29. The Hall–Kier alpha value is -3.51. The SMILES string of the molecule is O=C(CCc1ccccc1)NC(=O)c1ccnc(N2CCN(Cc3ccccc3)CC2)c1. The lowest BCUT2D eigenvalue weighted by Gasteiger charge is -2.35. The second-order valence-corrected chi connectivity index (χ2v) is 8.01. The molecule has 1 N–H and O–H groups in total. The number of nitrogens with one attached hydrogen (secondary N) is 1. The van der Waals surface area contributed by atoms with E-state index in [1.54, 1.807) is 18.3 Å². The van der Waals surface area contributed by atoms with Crippen molar-refractivity contribution in [1.29, 1.82) is 0 Å². The molecular formula is C26H28N4O2. The molecule has 2 aromatic carbocycles. The number of piperazine rings is 1. The van der Waals surface area contributed by atoms with Crippen molar-refractivity contribution in [2.75, 3.05) is 31.1 Å². The van der Waals surface area contributed by atoms with Crippen LogP contribution in [0.3, 0.4) is 0 Å². The van der Waals surface area contributed by atoms with Gasteiger partial charge < -0.3 is 4.90 Å². The van der Waals surface area contributed by atoms with Crippen molar-refractivity contribution in [2.45, 2.75) is 19.4 Å². The maximum atomic E-state index is 12.6. The van der Waals surface area contributed by atoms with E-state index in [1.165, 1.54) is 5.56 Å². The van der Waals surface area contributed by atoms with Crippen molar-refractivity contribution in [3.8, 4) is 0 Å². The van der Waals surface area contributed by atoms with Crippen LogP contribution in [0.5, 0.6) is 0 Å². The largest absolute Gasteiger partial charge is 0.354 e. The highest BCUT2D eigenvalue weighted by atomic mass is 16.2. The van der Waals surface area contributed by atoms with Gasteiger partial charge in [0.1, 0.15) is 5.82 Å². The molecule has 0 aliphatic carbocycles. The normalized spacial score (nSPS) is 14.2. The molecule has 1 fully saturated rings. The van der Waals surface area contributed by atoms with Crippen LogP contribution in [-0.2, 0) is 17.8 Å². The molecule has 1 aromatic heterocycles. The van der Waals surface area contributed by atoms with Gasteiger partial charge in [0.05, 0.1) is 0 Å². The van der Waals surface area contributed by atoms with Crippen LogP contribution in [0, 0.1) is 0 Å². The van der Waals surface area contributed by atoms with Crippen LogP contribution in [0.25, 0.3) is 0 Å². The summed E-state index contributed by atoms with van der Waals surface area (Å²) in [5.74, 6) is 0.120. The van der Waals surface area contributed by atoms with Gasteiger partial charge in [-0.15, -0.1) is 0 Å². The molecule has 6 nitrogen and oxygen atoms in total. The molecular weight excluding hydrogens is 400 g/mol. The van der Waals surface area contributed by atoms with Gasteiger partial charge in [0.15, 0.2) is 0 Å². The second kappa shape index (κ2) is 10.7. The Bertz CT molecular complexity index is 1030. The molecule has 164 valence electrons. The molecule has 2 heterocycles. The average molecular weight is 429 g/mol. The first kappa shape index (κ1) is 21.7. The number of hydrogen-bond donors (Lipinski definition) is 1. The molecule has 6 heteroatoms. The molecule has 3 aromatic rings. The highest BCUT2D eigenvalue weighted by Gasteiger charge is 2.19. The summed E-state index contributed by atoms with van der Waals surface area (Å²) in [6.45, 7) is 4.51. The van der Waals surface area contributed by atoms with Gasteiger partial charge in [-0.05, 0) is 29.7 Å². The van der Waals surface area contributed by atoms with E-state index in [9.17, 15) is 9.59 Å². The number of carbonyl (C=O) groups is 2. The lowest BCUT2D eigenvalue weighted by Crippen LogP contribution is -2.46. The van der Waals surface area contributed by atoms with Crippen molar-refractivity contribution < 1.29 is 9.59 Å². The van der Waals surface area contributed by atoms with Crippen LogP contribution in [-0.4, -0.2) is 47.9 Å². The lowest BCUT2D eigenvalue weighted by atomic mass is 10.1. The molecule has 32 heavy (non-hydrogen) atoms. The Morgan fingerprint density at radius 1 is 0.844 bits per heavy atom. The molecule has 0 saturated carbocycles. The number of benzene rings is 2. The van der Waals surface area contributed by atoms with Crippen LogP contribution in [0.1, 0.15) is 27.9 Å². The van der Waals surface area contributed by atoms with Crippen LogP contribution in [0.15, 0.2) is 79.0 Å². The molecule has 2 amide bonds. The molecule has 1 aliphatic heterocycles. The number of imide groups is 1. The van der Waals surface area contributed by atoms with Gasteiger partial charge in [-0.25, -0.2) is 4.98 Å². The fraction of sp³-hybridized carbons (Fsp3) is 0.269. The third-order valence-electron chi connectivity index (χ3n) is 5.69. The number of aryl methyl sites for hydroxylation is 1. The number of amides is 2. The Morgan fingerprint density at radius 2 is 1.50 bits per heavy atom. The Morgan fingerprint density at radius 3 is 2.19 bits per heavy atom. The van der Waals surface area contributed by atoms with E-state index in [2.05, 4.69) is 44.4 Å². The van der Waals surface area contributed by atoms with Gasteiger partial charge in [-0.3, -0.25) is 19.8 Å². The smallest absolute Gasteiger partial charge is 0.258 e. The van der Waals surface area contributed by atoms with Gasteiger partial charge in [-0.2, -0.15) is 0 Å². The van der Waals surface area contributed by atoms with E-state index in [-0.39, 0.29) is 18.2 Å². The van der Waals surface area contributed by atoms with Crippen molar-refractivity contribution in [3.63, 3.8) is 0 Å². The molecule has 0 atom stereocenters. The average Bonchev–Trinajstić information content (AvgIpc) is 2.84. The van der Waals surface area contributed by atoms with E-state index in [0.717, 1.165) is 44.1 Å². The third-order valence-corrected chi connectivity index (χ3v) is 5.69. The van der Waals surface area contributed by atoms with E-state index >= 15 is 0 Å². The van der Waals surface area contributed by atoms with Crippen molar-refractivity contribution in [3.05, 3.63) is 95.7 Å². The van der Waals surface area contributed by atoms with E-state index in [1.807, 2.05) is 36.4 Å². The Balaban J connectivity index is 1.28. The zero-order valence-electron chi connectivity index (χ0n) is 18.1. The zero-order valence-corrected chi connectivity index (χ0v) is 18.1. The monoisotopic (exact) mass is 428 g/mol. The van der Waals surface area contributed by atoms with Crippen molar-refractivity contribution >= 4 is 17.6 Å². The fourth-order valence-electron chi connectivity index (χ4n) is 3.87. The summed E-state index contributed by atoms with van der Waals surface area (Å²) in [6.07, 6.45) is 2.51. The quantitative estimate of drug-likeness (QED) is 0.626. The molecule has 1 aliphatic rings. The van der Waals surface area contributed by atoms with Crippen LogP contribution in [0.4, 0.5) is 5.82 Å². The molecule has 0 radical (unpaired) electrons. The maximum Gasteiger partial charge on any atom is 0.258 e. The molecule has 4 rings (SSSR count).